The van der Waals surface area contributed by atoms with Crippen LogP contribution >= 0.6 is 0 Å². The summed E-state index contributed by atoms with van der Waals surface area (Å²) in [5, 5.41) is 0. The maximum Gasteiger partial charge on any atom is 0.109 e. The molecule has 1 aromatic rings. The Morgan fingerprint density at radius 2 is 1.08 bits per heavy atom. The number of rotatable bonds is 2. The topological polar surface area (TPSA) is 13.1 Å². The van der Waals surface area contributed by atoms with E-state index in [0.29, 0.717) is 11.8 Å². The third-order valence-electron chi connectivity index (χ3n) is 2.57. The summed E-state index contributed by atoms with van der Waals surface area (Å²) in [5.74, 6) is 3.29. The van der Waals surface area contributed by atoms with Crippen molar-refractivity contribution < 1.29 is 4.42 Å². The largest absolute Gasteiger partial charge is 0.465 e. The average molecular weight is 180 g/mol. The van der Waals surface area contributed by atoms with Crippen molar-refractivity contribution in [1.82, 2.24) is 0 Å². The quantitative estimate of drug-likeness (QED) is 0.666. The lowest BCUT2D eigenvalue weighted by Gasteiger charge is -2.02. The summed E-state index contributed by atoms with van der Waals surface area (Å²) in [6.07, 6.45) is 0. The van der Waals surface area contributed by atoms with E-state index in [-0.39, 0.29) is 0 Å². The Balaban J connectivity index is 3.20. The van der Waals surface area contributed by atoms with Crippen molar-refractivity contribution in [1.29, 1.82) is 0 Å². The molecule has 0 saturated carbocycles. The van der Waals surface area contributed by atoms with Gasteiger partial charge in [0.25, 0.3) is 0 Å². The van der Waals surface area contributed by atoms with Crippen molar-refractivity contribution >= 4 is 0 Å². The van der Waals surface area contributed by atoms with Crippen LogP contribution in [0.25, 0.3) is 0 Å². The molecule has 0 saturated heterocycles. The molecule has 0 N–H and O–H groups in total. The first-order valence-corrected chi connectivity index (χ1v) is 5.04. The van der Waals surface area contributed by atoms with Crippen LogP contribution in [0.4, 0.5) is 0 Å². The van der Waals surface area contributed by atoms with Crippen LogP contribution in [0.5, 0.6) is 0 Å². The number of furan rings is 1. The van der Waals surface area contributed by atoms with Crippen molar-refractivity contribution in [2.75, 3.05) is 0 Å². The van der Waals surface area contributed by atoms with E-state index in [0.717, 1.165) is 11.5 Å². The van der Waals surface area contributed by atoms with Gasteiger partial charge >= 0.3 is 0 Å². The molecule has 0 aromatic carbocycles. The number of hydrogen-bond acceptors (Lipinski definition) is 1. The van der Waals surface area contributed by atoms with Gasteiger partial charge in [0.2, 0.25) is 0 Å². The average Bonchev–Trinajstić information content (AvgIpc) is 2.29. The minimum absolute atomic E-state index is 0.492. The van der Waals surface area contributed by atoms with Crippen LogP contribution < -0.4 is 0 Å². The van der Waals surface area contributed by atoms with Gasteiger partial charge in [-0.2, -0.15) is 0 Å². The highest BCUT2D eigenvalue weighted by molar-refractivity contribution is 5.34. The minimum Gasteiger partial charge on any atom is -0.465 e. The Bertz CT molecular complexity index is 264. The van der Waals surface area contributed by atoms with Gasteiger partial charge in [0.1, 0.15) is 11.5 Å². The van der Waals surface area contributed by atoms with E-state index in [9.17, 15) is 0 Å². The van der Waals surface area contributed by atoms with Gasteiger partial charge in [0, 0.05) is 11.8 Å². The fraction of sp³-hybridized carbons (Fsp3) is 0.667. The lowest BCUT2D eigenvalue weighted by atomic mass is 10.0. The minimum atomic E-state index is 0.492. The molecule has 0 atom stereocenters. The van der Waals surface area contributed by atoms with Crippen LogP contribution in [-0.2, 0) is 0 Å². The van der Waals surface area contributed by atoms with Crippen LogP contribution in [0.2, 0.25) is 0 Å². The van der Waals surface area contributed by atoms with Crippen molar-refractivity contribution in [3.63, 3.8) is 0 Å². The van der Waals surface area contributed by atoms with E-state index in [2.05, 4.69) is 41.5 Å². The lowest BCUT2D eigenvalue weighted by Crippen LogP contribution is -1.86. The van der Waals surface area contributed by atoms with E-state index >= 15 is 0 Å². The van der Waals surface area contributed by atoms with Gasteiger partial charge in [0.05, 0.1) is 0 Å². The zero-order valence-corrected chi connectivity index (χ0v) is 9.56. The molecule has 1 heterocycles. The number of hydrogen-bond donors (Lipinski definition) is 0. The molecule has 74 valence electrons. The second-order valence-corrected chi connectivity index (χ2v) is 4.39. The Kier molecular flexibility index (Phi) is 2.84. The monoisotopic (exact) mass is 180 g/mol. The molecule has 1 heteroatoms. The van der Waals surface area contributed by atoms with Crippen molar-refractivity contribution in [2.45, 2.75) is 53.4 Å². The van der Waals surface area contributed by atoms with Gasteiger partial charge in [-0.25, -0.2) is 0 Å². The molecule has 1 nitrogen and oxygen atoms in total. The molecule has 1 aromatic heterocycles. The maximum atomic E-state index is 5.87. The summed E-state index contributed by atoms with van der Waals surface area (Å²) in [6.45, 7) is 13.0. The predicted octanol–water partition coefficient (Wildman–Crippen LogP) is 4.14. The molecule has 1 rings (SSSR count). The Hall–Kier alpha value is -0.720. The Morgan fingerprint density at radius 3 is 1.23 bits per heavy atom. The van der Waals surface area contributed by atoms with Crippen molar-refractivity contribution in [3.05, 3.63) is 22.6 Å². The maximum absolute atomic E-state index is 5.87. The molecule has 0 spiro atoms. The van der Waals surface area contributed by atoms with Crippen LogP contribution in [0.3, 0.4) is 0 Å². The SMILES string of the molecule is Cc1c(C(C)C)oc(C(C)C)c1C. The van der Waals surface area contributed by atoms with Gasteiger partial charge < -0.3 is 4.42 Å². The second kappa shape index (κ2) is 3.57. The first kappa shape index (κ1) is 10.4. The van der Waals surface area contributed by atoms with E-state index in [1.807, 2.05) is 0 Å². The first-order valence-electron chi connectivity index (χ1n) is 5.04. The molecule has 0 aliphatic heterocycles. The van der Waals surface area contributed by atoms with Gasteiger partial charge in [-0.15, -0.1) is 0 Å². The lowest BCUT2D eigenvalue weighted by molar-refractivity contribution is 0.429. The summed E-state index contributed by atoms with van der Waals surface area (Å²) >= 11 is 0. The molecule has 0 amide bonds. The molecule has 13 heavy (non-hydrogen) atoms. The molecule has 0 aliphatic rings. The summed E-state index contributed by atoms with van der Waals surface area (Å²) in [7, 11) is 0. The van der Waals surface area contributed by atoms with Gasteiger partial charge in [-0.1, -0.05) is 27.7 Å². The van der Waals surface area contributed by atoms with Crippen molar-refractivity contribution in [3.8, 4) is 0 Å². The zero-order chi connectivity index (χ0) is 10.2. The van der Waals surface area contributed by atoms with Crippen LogP contribution in [-0.4, -0.2) is 0 Å². The van der Waals surface area contributed by atoms with E-state index in [4.69, 9.17) is 4.42 Å². The van der Waals surface area contributed by atoms with Crippen LogP contribution in [0.1, 0.15) is 62.2 Å². The normalized spacial score (nSPS) is 11.7. The van der Waals surface area contributed by atoms with E-state index in [1.165, 1.54) is 11.1 Å². The summed E-state index contributed by atoms with van der Waals surface area (Å²) in [4.78, 5) is 0. The highest BCUT2D eigenvalue weighted by Gasteiger charge is 2.17. The molecular weight excluding hydrogens is 160 g/mol. The predicted molar refractivity (Wildman–Crippen MR) is 56.4 cm³/mol. The summed E-state index contributed by atoms with van der Waals surface area (Å²) < 4.78 is 5.87. The standard InChI is InChI=1S/C12H20O/c1-7(2)11-9(5)10(6)12(13-11)8(3)4/h7-8H,1-6H3. The fourth-order valence-corrected chi connectivity index (χ4v) is 1.74. The Labute approximate surface area is 81.1 Å². The third-order valence-corrected chi connectivity index (χ3v) is 2.57. The molecule has 0 aliphatic carbocycles. The highest BCUT2D eigenvalue weighted by Crippen LogP contribution is 2.31. The summed E-state index contributed by atoms with van der Waals surface area (Å²) in [6, 6.07) is 0. The zero-order valence-electron chi connectivity index (χ0n) is 9.56. The third kappa shape index (κ3) is 1.79. The highest BCUT2D eigenvalue weighted by atomic mass is 16.3. The fourth-order valence-electron chi connectivity index (χ4n) is 1.74. The molecule has 0 bridgehead atoms. The smallest absolute Gasteiger partial charge is 0.109 e. The second-order valence-electron chi connectivity index (χ2n) is 4.39. The molecular formula is C12H20O. The van der Waals surface area contributed by atoms with E-state index < -0.39 is 0 Å². The molecule has 0 radical (unpaired) electrons. The van der Waals surface area contributed by atoms with Gasteiger partial charge in [0.15, 0.2) is 0 Å². The first-order chi connectivity index (χ1) is 5.95. The van der Waals surface area contributed by atoms with Crippen LogP contribution in [0, 0.1) is 13.8 Å². The van der Waals surface area contributed by atoms with Crippen molar-refractivity contribution in [2.24, 2.45) is 0 Å². The molecule has 0 fully saturated rings. The Morgan fingerprint density at radius 1 is 0.769 bits per heavy atom. The van der Waals surface area contributed by atoms with E-state index in [1.54, 1.807) is 0 Å². The van der Waals surface area contributed by atoms with Gasteiger partial charge in [-0.3, -0.25) is 0 Å². The molecule has 0 unspecified atom stereocenters. The summed E-state index contributed by atoms with van der Waals surface area (Å²) in [5.41, 5.74) is 2.66. The van der Waals surface area contributed by atoms with Gasteiger partial charge in [-0.05, 0) is 25.0 Å². The van der Waals surface area contributed by atoms with Crippen LogP contribution in [0.15, 0.2) is 4.42 Å².